The number of aliphatic hydroxyl groups is 1. The second kappa shape index (κ2) is 5.87. The highest BCUT2D eigenvalue weighted by Gasteiger charge is 2.44. The molecule has 0 radical (unpaired) electrons. The van der Waals surface area contributed by atoms with Crippen LogP contribution in [-0.2, 0) is 9.47 Å². The van der Waals surface area contributed by atoms with E-state index in [1.807, 2.05) is 6.92 Å². The third-order valence-corrected chi connectivity index (χ3v) is 4.51. The Kier molecular flexibility index (Phi) is 4.64. The normalized spacial score (nSPS) is 31.2. The van der Waals surface area contributed by atoms with Crippen molar-refractivity contribution >= 4 is 0 Å². The topological polar surface area (TPSA) is 50.7 Å². The van der Waals surface area contributed by atoms with Gasteiger partial charge in [-0.05, 0) is 45.1 Å². The molecule has 0 aromatic rings. The van der Waals surface area contributed by atoms with Gasteiger partial charge in [0.1, 0.15) is 0 Å². The van der Waals surface area contributed by atoms with E-state index in [9.17, 15) is 5.11 Å². The van der Waals surface area contributed by atoms with Gasteiger partial charge < -0.3 is 19.9 Å². The molecule has 1 spiro atoms. The molecule has 2 saturated heterocycles. The maximum Gasteiger partial charge on any atom is 0.0773 e. The van der Waals surface area contributed by atoms with Gasteiger partial charge in [0.15, 0.2) is 0 Å². The summed E-state index contributed by atoms with van der Waals surface area (Å²) in [7, 11) is 0. The average molecular weight is 257 g/mol. The monoisotopic (exact) mass is 257 g/mol. The van der Waals surface area contributed by atoms with Crippen molar-refractivity contribution in [1.82, 2.24) is 5.32 Å². The van der Waals surface area contributed by atoms with Gasteiger partial charge in [-0.25, -0.2) is 0 Å². The van der Waals surface area contributed by atoms with E-state index in [0.717, 1.165) is 52.0 Å². The predicted octanol–water partition coefficient (Wildman–Crippen LogP) is 1.32. The fraction of sp³-hybridized carbons (Fsp3) is 1.00. The van der Waals surface area contributed by atoms with E-state index >= 15 is 0 Å². The van der Waals surface area contributed by atoms with Crippen LogP contribution in [0.25, 0.3) is 0 Å². The molecule has 0 aromatic heterocycles. The van der Waals surface area contributed by atoms with E-state index in [4.69, 9.17) is 9.47 Å². The minimum absolute atomic E-state index is 0.0304. The molecule has 18 heavy (non-hydrogen) atoms. The van der Waals surface area contributed by atoms with Crippen molar-refractivity contribution in [2.45, 2.75) is 50.7 Å². The van der Waals surface area contributed by atoms with Crippen molar-refractivity contribution in [3.63, 3.8) is 0 Å². The van der Waals surface area contributed by atoms with Gasteiger partial charge in [-0.1, -0.05) is 6.92 Å². The first-order valence-electron chi connectivity index (χ1n) is 7.23. The van der Waals surface area contributed by atoms with Crippen LogP contribution in [-0.4, -0.2) is 49.2 Å². The van der Waals surface area contributed by atoms with E-state index in [1.54, 1.807) is 0 Å². The van der Waals surface area contributed by atoms with E-state index < -0.39 is 5.60 Å². The lowest BCUT2D eigenvalue weighted by atomic mass is 9.74. The average Bonchev–Trinajstić information content (AvgIpc) is 2.37. The van der Waals surface area contributed by atoms with Crippen LogP contribution in [0.15, 0.2) is 0 Å². The molecule has 2 unspecified atom stereocenters. The summed E-state index contributed by atoms with van der Waals surface area (Å²) in [6.45, 7) is 7.95. The molecule has 2 fully saturated rings. The first kappa shape index (κ1) is 14.3. The fourth-order valence-electron chi connectivity index (χ4n) is 3.17. The Labute approximate surface area is 110 Å². The lowest BCUT2D eigenvalue weighted by Crippen LogP contribution is -2.52. The largest absolute Gasteiger partial charge is 0.389 e. The second-order valence-electron chi connectivity index (χ2n) is 5.97. The molecular weight excluding hydrogens is 230 g/mol. The van der Waals surface area contributed by atoms with Crippen LogP contribution in [0.3, 0.4) is 0 Å². The van der Waals surface area contributed by atoms with Gasteiger partial charge in [0.05, 0.1) is 11.2 Å². The first-order chi connectivity index (χ1) is 8.58. The minimum Gasteiger partial charge on any atom is -0.389 e. The van der Waals surface area contributed by atoms with Gasteiger partial charge in [0, 0.05) is 26.4 Å². The SMILES string of the molecule is CCNCC(C)(O)C1CCOC2(CCOCC2)C1. The molecule has 4 nitrogen and oxygen atoms in total. The molecule has 0 amide bonds. The molecule has 0 saturated carbocycles. The number of hydrogen-bond acceptors (Lipinski definition) is 4. The van der Waals surface area contributed by atoms with Crippen molar-refractivity contribution < 1.29 is 14.6 Å². The van der Waals surface area contributed by atoms with Gasteiger partial charge in [-0.2, -0.15) is 0 Å². The Balaban J connectivity index is 1.96. The molecular formula is C14H27NO3. The van der Waals surface area contributed by atoms with Crippen LogP contribution in [0.4, 0.5) is 0 Å². The van der Waals surface area contributed by atoms with Crippen LogP contribution in [0.5, 0.6) is 0 Å². The van der Waals surface area contributed by atoms with Crippen LogP contribution in [0, 0.1) is 5.92 Å². The lowest BCUT2D eigenvalue weighted by molar-refractivity contribution is -0.171. The number of likely N-dealkylation sites (N-methyl/N-ethyl adjacent to an activating group) is 1. The number of ether oxygens (including phenoxy) is 2. The molecule has 2 aliphatic heterocycles. The number of hydrogen-bond donors (Lipinski definition) is 2. The van der Waals surface area contributed by atoms with Crippen molar-refractivity contribution in [2.24, 2.45) is 5.92 Å². The highest BCUT2D eigenvalue weighted by Crippen LogP contribution is 2.40. The van der Waals surface area contributed by atoms with E-state index in [1.165, 1.54) is 0 Å². The van der Waals surface area contributed by atoms with Crippen LogP contribution in [0.1, 0.15) is 39.5 Å². The molecule has 2 aliphatic rings. The Morgan fingerprint density at radius 2 is 2.06 bits per heavy atom. The van der Waals surface area contributed by atoms with Gasteiger partial charge >= 0.3 is 0 Å². The van der Waals surface area contributed by atoms with Crippen molar-refractivity contribution in [3.05, 3.63) is 0 Å². The summed E-state index contributed by atoms with van der Waals surface area (Å²) >= 11 is 0. The molecule has 106 valence electrons. The van der Waals surface area contributed by atoms with Crippen LogP contribution < -0.4 is 5.32 Å². The predicted molar refractivity (Wildman–Crippen MR) is 70.6 cm³/mol. The summed E-state index contributed by atoms with van der Waals surface area (Å²) in [6.07, 6.45) is 3.87. The maximum atomic E-state index is 10.6. The van der Waals surface area contributed by atoms with Gasteiger partial charge in [0.2, 0.25) is 0 Å². The summed E-state index contributed by atoms with van der Waals surface area (Å²) in [6, 6.07) is 0. The van der Waals surface area contributed by atoms with Crippen LogP contribution >= 0.6 is 0 Å². The van der Waals surface area contributed by atoms with E-state index in [2.05, 4.69) is 12.2 Å². The Morgan fingerprint density at radius 1 is 1.33 bits per heavy atom. The highest BCUT2D eigenvalue weighted by atomic mass is 16.5. The first-order valence-corrected chi connectivity index (χ1v) is 7.23. The summed E-state index contributed by atoms with van der Waals surface area (Å²) in [5.74, 6) is 0.323. The zero-order valence-corrected chi connectivity index (χ0v) is 11.7. The summed E-state index contributed by atoms with van der Waals surface area (Å²) in [5, 5.41) is 13.9. The zero-order valence-electron chi connectivity index (χ0n) is 11.7. The van der Waals surface area contributed by atoms with Gasteiger partial charge in [-0.3, -0.25) is 0 Å². The van der Waals surface area contributed by atoms with Gasteiger partial charge in [0.25, 0.3) is 0 Å². The van der Waals surface area contributed by atoms with Gasteiger partial charge in [-0.15, -0.1) is 0 Å². The Hall–Kier alpha value is -0.160. The quantitative estimate of drug-likeness (QED) is 0.797. The van der Waals surface area contributed by atoms with Crippen molar-refractivity contribution in [2.75, 3.05) is 32.9 Å². The third kappa shape index (κ3) is 3.23. The molecule has 0 aliphatic carbocycles. The van der Waals surface area contributed by atoms with Crippen molar-refractivity contribution in [3.8, 4) is 0 Å². The summed E-state index contributed by atoms with van der Waals surface area (Å²) < 4.78 is 11.5. The molecule has 2 atom stereocenters. The molecule has 0 aromatic carbocycles. The van der Waals surface area contributed by atoms with E-state index in [0.29, 0.717) is 12.5 Å². The number of nitrogens with one attached hydrogen (secondary N) is 1. The highest BCUT2D eigenvalue weighted by molar-refractivity contribution is 4.95. The standard InChI is InChI=1S/C14H27NO3/c1-3-15-11-13(2,16)12-4-7-18-14(10-12)5-8-17-9-6-14/h12,15-16H,3-11H2,1-2H3. The molecule has 2 rings (SSSR count). The zero-order chi connectivity index (χ0) is 13.1. The smallest absolute Gasteiger partial charge is 0.0773 e. The molecule has 4 heteroatoms. The second-order valence-corrected chi connectivity index (χ2v) is 5.97. The summed E-state index contributed by atoms with van der Waals surface area (Å²) in [5.41, 5.74) is -0.664. The fourth-order valence-corrected chi connectivity index (χ4v) is 3.17. The Morgan fingerprint density at radius 3 is 2.72 bits per heavy atom. The summed E-state index contributed by atoms with van der Waals surface area (Å²) in [4.78, 5) is 0. The maximum absolute atomic E-state index is 10.6. The lowest BCUT2D eigenvalue weighted by Gasteiger charge is -2.47. The van der Waals surface area contributed by atoms with Crippen LogP contribution in [0.2, 0.25) is 0 Å². The Bertz CT molecular complexity index is 256. The molecule has 2 heterocycles. The third-order valence-electron chi connectivity index (χ3n) is 4.51. The van der Waals surface area contributed by atoms with E-state index in [-0.39, 0.29) is 5.60 Å². The minimum atomic E-state index is -0.634. The number of rotatable bonds is 4. The van der Waals surface area contributed by atoms with Crippen molar-refractivity contribution in [1.29, 1.82) is 0 Å². The molecule has 2 N–H and O–H groups in total. The molecule has 0 bridgehead atoms.